The second-order valence-corrected chi connectivity index (χ2v) is 16.5. The number of aliphatic hydroxyl groups excluding tert-OH is 1. The largest absolute Gasteiger partial charge is 0.508 e. The Balaban J connectivity index is 0.791. The van der Waals surface area contributed by atoms with E-state index in [4.69, 9.17) is 25.8 Å². The molecular weight excluding hydrogens is 812 g/mol. The van der Waals surface area contributed by atoms with Crippen LogP contribution in [0.15, 0.2) is 84.9 Å². The predicted molar refractivity (Wildman–Crippen MR) is 237 cm³/mol. The summed E-state index contributed by atoms with van der Waals surface area (Å²) in [5, 5.41) is 27.2. The van der Waals surface area contributed by atoms with E-state index >= 15 is 0 Å². The second kappa shape index (κ2) is 20.8. The Labute approximate surface area is 366 Å². The molecule has 0 bridgehead atoms. The number of methoxy groups -OCH3 is 1. The average Bonchev–Trinajstić information content (AvgIpc) is 3.76. The number of para-hydroxylation sites is 1. The number of phenols is 1. The lowest BCUT2D eigenvalue weighted by Gasteiger charge is -2.31. The number of aliphatic hydroxyl groups is 1. The van der Waals surface area contributed by atoms with Crippen molar-refractivity contribution in [3.05, 3.63) is 112 Å². The molecule has 0 unspecified atom stereocenters. The molecule has 4 aromatic rings. The monoisotopic (exact) mass is 864 g/mol. The first-order chi connectivity index (χ1) is 30.0. The van der Waals surface area contributed by atoms with Crippen molar-refractivity contribution in [2.75, 3.05) is 57.1 Å². The van der Waals surface area contributed by atoms with Crippen LogP contribution < -0.4 is 15.4 Å². The van der Waals surface area contributed by atoms with Crippen LogP contribution in [-0.2, 0) is 31.9 Å². The summed E-state index contributed by atoms with van der Waals surface area (Å²) in [4.78, 5) is 54.7. The van der Waals surface area contributed by atoms with Crippen LogP contribution in [-0.4, -0.2) is 96.4 Å². The number of phenolic OH excluding ortho intramolecular Hbond substituents is 1. The smallest absolute Gasteiger partial charge is 0.411 e. The SMILES string of the molecule is COc1cc(NC(=O)OC[C@H]2CCN(C(=O)CCN3CCC(OC(=O)Nc4ccccc4-c4ccccc4)CC3)C2)c(Cl)cc1CCC[C@H](O)c1ccc(O)c2c1C=CC(=O)C2. The lowest BCUT2D eigenvalue weighted by molar-refractivity contribution is -0.130. The average molecular weight is 865 g/mol. The summed E-state index contributed by atoms with van der Waals surface area (Å²) >= 11 is 6.59. The van der Waals surface area contributed by atoms with Gasteiger partial charge in [-0.1, -0.05) is 72.3 Å². The number of allylic oxidation sites excluding steroid dienone is 1. The number of piperidine rings is 1. The van der Waals surface area contributed by atoms with Crippen LogP contribution in [0.5, 0.6) is 11.5 Å². The highest BCUT2D eigenvalue weighted by molar-refractivity contribution is 6.33. The van der Waals surface area contributed by atoms with Gasteiger partial charge in [-0.05, 0) is 85.1 Å². The molecule has 0 spiro atoms. The van der Waals surface area contributed by atoms with Crippen molar-refractivity contribution < 1.29 is 43.6 Å². The molecule has 4 N–H and O–H groups in total. The van der Waals surface area contributed by atoms with Gasteiger partial charge in [-0.2, -0.15) is 0 Å². The zero-order valence-electron chi connectivity index (χ0n) is 34.8. The number of nitrogens with one attached hydrogen (secondary N) is 2. The number of aromatic hydroxyl groups is 1. The van der Waals surface area contributed by atoms with Crippen LogP contribution in [0.2, 0.25) is 5.02 Å². The van der Waals surface area contributed by atoms with E-state index < -0.39 is 18.3 Å². The van der Waals surface area contributed by atoms with Gasteiger partial charge in [0.25, 0.3) is 0 Å². The number of likely N-dealkylation sites (tertiary alicyclic amines) is 2. The first-order valence-electron chi connectivity index (χ1n) is 21.2. The number of fused-ring (bicyclic) bond motifs is 1. The molecule has 62 heavy (non-hydrogen) atoms. The van der Waals surface area contributed by atoms with Crippen LogP contribution in [0.4, 0.5) is 21.0 Å². The van der Waals surface area contributed by atoms with Gasteiger partial charge in [0.15, 0.2) is 5.78 Å². The minimum atomic E-state index is -0.807. The van der Waals surface area contributed by atoms with Crippen LogP contribution in [0.3, 0.4) is 0 Å². The lowest BCUT2D eigenvalue weighted by Crippen LogP contribution is -2.40. The number of carbonyl (C=O) groups excluding carboxylic acids is 4. The maximum atomic E-state index is 13.1. The van der Waals surface area contributed by atoms with E-state index in [1.54, 1.807) is 24.3 Å². The molecule has 0 radical (unpaired) electrons. The van der Waals surface area contributed by atoms with E-state index in [-0.39, 0.29) is 42.5 Å². The Bertz CT molecular complexity index is 2280. The molecule has 14 heteroatoms. The predicted octanol–water partition coefficient (Wildman–Crippen LogP) is 8.42. The number of hydrogen-bond donors (Lipinski definition) is 4. The van der Waals surface area contributed by atoms with Crippen molar-refractivity contribution in [3.8, 4) is 22.6 Å². The first-order valence-corrected chi connectivity index (χ1v) is 21.6. The van der Waals surface area contributed by atoms with Gasteiger partial charge < -0.3 is 34.2 Å². The summed E-state index contributed by atoms with van der Waals surface area (Å²) in [7, 11) is 1.53. The summed E-state index contributed by atoms with van der Waals surface area (Å²) < 4.78 is 16.9. The summed E-state index contributed by atoms with van der Waals surface area (Å²) in [5.41, 5.74) is 5.62. The lowest BCUT2D eigenvalue weighted by atomic mass is 9.88. The third kappa shape index (κ3) is 11.3. The molecule has 1 aliphatic carbocycles. The number of hydrogen-bond acceptors (Lipinski definition) is 10. The van der Waals surface area contributed by atoms with Gasteiger partial charge in [0.05, 0.1) is 36.2 Å². The van der Waals surface area contributed by atoms with Crippen molar-refractivity contribution in [2.45, 2.75) is 63.6 Å². The highest BCUT2D eigenvalue weighted by atomic mass is 35.5. The Kier molecular flexibility index (Phi) is 14.8. The van der Waals surface area contributed by atoms with E-state index in [2.05, 4.69) is 15.5 Å². The Hall–Kier alpha value is -5.89. The summed E-state index contributed by atoms with van der Waals surface area (Å²) in [5.74, 6) is 0.539. The highest BCUT2D eigenvalue weighted by Gasteiger charge is 2.29. The number of ether oxygens (including phenoxy) is 3. The molecule has 4 aromatic carbocycles. The quantitative estimate of drug-likeness (QED) is 0.0911. The number of halogens is 1. The molecule has 3 amide bonds. The summed E-state index contributed by atoms with van der Waals surface area (Å²) in [6.07, 6.45) is 5.09. The van der Waals surface area contributed by atoms with Crippen molar-refractivity contribution in [2.24, 2.45) is 5.92 Å². The minimum Gasteiger partial charge on any atom is -0.508 e. The molecule has 13 nitrogen and oxygen atoms in total. The van der Waals surface area contributed by atoms with E-state index in [9.17, 15) is 29.4 Å². The molecule has 2 aliphatic heterocycles. The number of amides is 3. The molecular formula is C48H53ClN4O9. The maximum absolute atomic E-state index is 13.1. The topological polar surface area (TPSA) is 167 Å². The van der Waals surface area contributed by atoms with Crippen molar-refractivity contribution in [1.82, 2.24) is 9.80 Å². The van der Waals surface area contributed by atoms with Gasteiger partial charge in [-0.15, -0.1) is 0 Å². The summed E-state index contributed by atoms with van der Waals surface area (Å²) in [6, 6.07) is 24.1. The van der Waals surface area contributed by atoms with E-state index in [1.807, 2.05) is 59.5 Å². The van der Waals surface area contributed by atoms with Gasteiger partial charge >= 0.3 is 12.2 Å². The molecule has 2 heterocycles. The molecule has 326 valence electrons. The molecule has 0 aromatic heterocycles. The molecule has 0 saturated carbocycles. The maximum Gasteiger partial charge on any atom is 0.411 e. The Morgan fingerprint density at radius 1 is 0.903 bits per heavy atom. The van der Waals surface area contributed by atoms with Gasteiger partial charge in [0.2, 0.25) is 5.91 Å². The molecule has 3 aliphatic rings. The minimum absolute atomic E-state index is 0.0109. The zero-order valence-corrected chi connectivity index (χ0v) is 35.6. The Morgan fingerprint density at radius 2 is 1.66 bits per heavy atom. The van der Waals surface area contributed by atoms with E-state index in [1.165, 1.54) is 19.3 Å². The third-order valence-corrected chi connectivity index (χ3v) is 12.1. The van der Waals surface area contributed by atoms with Gasteiger partial charge in [0, 0.05) is 68.7 Å². The van der Waals surface area contributed by atoms with Crippen molar-refractivity contribution >= 4 is 52.9 Å². The zero-order chi connectivity index (χ0) is 43.6. The standard InChI is InChI=1S/C48H53ClN4O9/c1-60-45-28-42(40(49)26-33(45)10-7-13-43(55)38-16-17-44(56)39-27-34(54)14-15-37(38)39)51-47(58)61-30-31-18-25-53(29-31)46(57)21-24-52-22-19-35(20-23-52)62-48(59)50-41-12-6-5-11-36(41)32-8-3-2-4-9-32/h2-6,8-9,11-12,14-17,26,28,31,35,43,55-56H,7,10,13,18-25,27,29-30H2,1H3,(H,50,59)(H,51,58)/t31-,43-/m0/s1. The van der Waals surface area contributed by atoms with Gasteiger partial charge in [-0.25, -0.2) is 9.59 Å². The van der Waals surface area contributed by atoms with E-state index in [0.29, 0.717) is 97.0 Å². The second-order valence-electron chi connectivity index (χ2n) is 16.0. The molecule has 2 atom stereocenters. The number of carbonyl (C=O) groups is 4. The fourth-order valence-corrected chi connectivity index (χ4v) is 8.65. The third-order valence-electron chi connectivity index (χ3n) is 11.8. The van der Waals surface area contributed by atoms with Crippen LogP contribution in [0.25, 0.3) is 17.2 Å². The van der Waals surface area contributed by atoms with Crippen LogP contribution in [0, 0.1) is 5.92 Å². The van der Waals surface area contributed by atoms with Crippen LogP contribution >= 0.6 is 11.6 Å². The number of aryl methyl sites for hydroxylation is 1. The number of ketones is 1. The van der Waals surface area contributed by atoms with Crippen molar-refractivity contribution in [1.29, 1.82) is 0 Å². The van der Waals surface area contributed by atoms with Crippen LogP contribution in [0.1, 0.15) is 66.9 Å². The number of rotatable bonds is 15. The van der Waals surface area contributed by atoms with Crippen molar-refractivity contribution in [3.63, 3.8) is 0 Å². The normalized spacial score (nSPS) is 17.0. The number of anilines is 2. The van der Waals surface area contributed by atoms with E-state index in [0.717, 1.165) is 36.2 Å². The molecule has 7 rings (SSSR count). The number of nitrogens with zero attached hydrogens (tertiary/aromatic N) is 2. The van der Waals surface area contributed by atoms with Gasteiger partial charge in [-0.3, -0.25) is 20.2 Å². The highest BCUT2D eigenvalue weighted by Crippen LogP contribution is 2.36. The number of benzene rings is 4. The Morgan fingerprint density at radius 3 is 2.45 bits per heavy atom. The summed E-state index contributed by atoms with van der Waals surface area (Å²) in [6.45, 7) is 3.34. The van der Waals surface area contributed by atoms with Gasteiger partial charge in [0.1, 0.15) is 17.6 Å². The fraction of sp³-hybridized carbons (Fsp3) is 0.375. The molecule has 2 saturated heterocycles. The molecule has 2 fully saturated rings. The fourth-order valence-electron chi connectivity index (χ4n) is 8.42. The first kappa shape index (κ1) is 44.2.